The molecule has 0 radical (unpaired) electrons. The summed E-state index contributed by atoms with van der Waals surface area (Å²) < 4.78 is 1.02. The van der Waals surface area contributed by atoms with Crippen molar-refractivity contribution in [1.29, 1.82) is 0 Å². The van der Waals surface area contributed by atoms with Crippen molar-refractivity contribution in [2.24, 2.45) is 0 Å². The number of rotatable bonds is 2. The molecule has 1 aliphatic rings. The van der Waals surface area contributed by atoms with Crippen molar-refractivity contribution in [3.8, 4) is 0 Å². The highest BCUT2D eigenvalue weighted by Gasteiger charge is 2.30. The maximum atomic E-state index is 11.8. The van der Waals surface area contributed by atoms with Crippen LogP contribution in [0.2, 0.25) is 0 Å². The van der Waals surface area contributed by atoms with Crippen LogP contribution in [0.3, 0.4) is 0 Å². The van der Waals surface area contributed by atoms with E-state index in [0.29, 0.717) is 12.2 Å². The average molecular weight is 338 g/mol. The number of amides is 1. The van der Waals surface area contributed by atoms with Crippen LogP contribution >= 0.6 is 27.3 Å². The summed E-state index contributed by atoms with van der Waals surface area (Å²) in [6.45, 7) is 0. The SMILES string of the molecule is CNc1nc2c(s1)[C@H](c1cccc(Br)c1)CC(=O)N2. The Morgan fingerprint density at radius 1 is 1.53 bits per heavy atom. The van der Waals surface area contributed by atoms with Gasteiger partial charge >= 0.3 is 0 Å². The molecule has 0 saturated carbocycles. The Balaban J connectivity index is 2.07. The first-order valence-electron chi connectivity index (χ1n) is 5.91. The van der Waals surface area contributed by atoms with Crippen LogP contribution in [0, 0.1) is 0 Å². The quantitative estimate of drug-likeness (QED) is 0.882. The Labute approximate surface area is 123 Å². The Hall–Kier alpha value is -1.40. The highest BCUT2D eigenvalue weighted by molar-refractivity contribution is 9.10. The van der Waals surface area contributed by atoms with E-state index in [-0.39, 0.29) is 11.8 Å². The molecular weight excluding hydrogens is 326 g/mol. The highest BCUT2D eigenvalue weighted by Crippen LogP contribution is 2.42. The molecule has 0 bridgehead atoms. The third-order valence-corrected chi connectivity index (χ3v) is 4.76. The number of thiazole rings is 1. The minimum Gasteiger partial charge on any atom is -0.365 e. The number of anilines is 2. The lowest BCUT2D eigenvalue weighted by atomic mass is 9.92. The number of hydrogen-bond acceptors (Lipinski definition) is 4. The second-order valence-corrected chi connectivity index (χ2v) is 6.29. The fourth-order valence-electron chi connectivity index (χ4n) is 2.22. The van der Waals surface area contributed by atoms with Gasteiger partial charge in [0.1, 0.15) is 5.82 Å². The summed E-state index contributed by atoms with van der Waals surface area (Å²) in [5.41, 5.74) is 1.14. The molecule has 0 unspecified atom stereocenters. The molecule has 6 heteroatoms. The molecule has 98 valence electrons. The van der Waals surface area contributed by atoms with E-state index in [0.717, 1.165) is 20.0 Å². The van der Waals surface area contributed by atoms with Gasteiger partial charge in [0.05, 0.1) is 4.88 Å². The van der Waals surface area contributed by atoms with E-state index in [1.807, 2.05) is 19.2 Å². The molecule has 1 aromatic carbocycles. The fraction of sp³-hybridized carbons (Fsp3) is 0.231. The van der Waals surface area contributed by atoms with Gasteiger partial charge in [-0.15, -0.1) is 0 Å². The van der Waals surface area contributed by atoms with Crippen molar-refractivity contribution >= 4 is 44.1 Å². The number of fused-ring (bicyclic) bond motifs is 1. The third-order valence-electron chi connectivity index (χ3n) is 3.08. The maximum absolute atomic E-state index is 11.8. The van der Waals surface area contributed by atoms with Crippen molar-refractivity contribution in [3.63, 3.8) is 0 Å². The van der Waals surface area contributed by atoms with E-state index in [1.165, 1.54) is 0 Å². The molecule has 0 fully saturated rings. The molecule has 2 heterocycles. The number of benzene rings is 1. The smallest absolute Gasteiger partial charge is 0.226 e. The molecule has 0 spiro atoms. The zero-order valence-corrected chi connectivity index (χ0v) is 12.6. The third kappa shape index (κ3) is 2.37. The largest absolute Gasteiger partial charge is 0.365 e. The lowest BCUT2D eigenvalue weighted by Gasteiger charge is -2.21. The zero-order valence-electron chi connectivity index (χ0n) is 10.2. The molecule has 1 amide bonds. The van der Waals surface area contributed by atoms with Gasteiger partial charge in [-0.05, 0) is 17.7 Å². The molecule has 1 atom stereocenters. The van der Waals surface area contributed by atoms with E-state index in [2.05, 4.69) is 43.7 Å². The molecule has 0 aliphatic carbocycles. The minimum absolute atomic E-state index is 0.0189. The van der Waals surface area contributed by atoms with Gasteiger partial charge in [0.25, 0.3) is 0 Å². The van der Waals surface area contributed by atoms with Crippen LogP contribution in [0.1, 0.15) is 22.8 Å². The van der Waals surface area contributed by atoms with Gasteiger partial charge in [0, 0.05) is 23.9 Å². The summed E-state index contributed by atoms with van der Waals surface area (Å²) in [7, 11) is 1.83. The maximum Gasteiger partial charge on any atom is 0.226 e. The van der Waals surface area contributed by atoms with E-state index in [1.54, 1.807) is 11.3 Å². The summed E-state index contributed by atoms with van der Waals surface area (Å²) in [5.74, 6) is 0.793. The second kappa shape index (κ2) is 4.94. The number of nitrogens with one attached hydrogen (secondary N) is 2. The Morgan fingerprint density at radius 3 is 3.11 bits per heavy atom. The monoisotopic (exact) mass is 337 g/mol. The molecule has 3 rings (SSSR count). The van der Waals surface area contributed by atoms with Crippen LogP contribution in [-0.2, 0) is 4.79 Å². The summed E-state index contributed by atoms with van der Waals surface area (Å²) >= 11 is 5.07. The van der Waals surface area contributed by atoms with Gasteiger partial charge in [0.2, 0.25) is 5.91 Å². The first-order valence-corrected chi connectivity index (χ1v) is 7.52. The summed E-state index contributed by atoms with van der Waals surface area (Å²) in [6.07, 6.45) is 0.467. The first-order chi connectivity index (χ1) is 9.17. The van der Waals surface area contributed by atoms with Crippen molar-refractivity contribution in [1.82, 2.24) is 4.98 Å². The number of carbonyl (C=O) groups excluding carboxylic acids is 1. The summed E-state index contributed by atoms with van der Waals surface area (Å²) in [4.78, 5) is 17.3. The van der Waals surface area contributed by atoms with Crippen LogP contribution in [0.15, 0.2) is 28.7 Å². The molecule has 0 saturated heterocycles. The summed E-state index contributed by atoms with van der Waals surface area (Å²) in [6, 6.07) is 8.09. The lowest BCUT2D eigenvalue weighted by molar-refractivity contribution is -0.116. The Morgan fingerprint density at radius 2 is 2.37 bits per heavy atom. The predicted octanol–water partition coefficient (Wildman–Crippen LogP) is 3.42. The van der Waals surface area contributed by atoms with Gasteiger partial charge in [0.15, 0.2) is 5.13 Å². The average Bonchev–Trinajstić information content (AvgIpc) is 2.80. The van der Waals surface area contributed by atoms with Gasteiger partial charge in [-0.25, -0.2) is 4.98 Å². The zero-order chi connectivity index (χ0) is 13.4. The number of halogens is 1. The van der Waals surface area contributed by atoms with Gasteiger partial charge in [-0.3, -0.25) is 4.79 Å². The van der Waals surface area contributed by atoms with Gasteiger partial charge in [-0.2, -0.15) is 0 Å². The Bertz CT molecular complexity index is 641. The van der Waals surface area contributed by atoms with Crippen LogP contribution in [-0.4, -0.2) is 17.9 Å². The molecule has 2 aromatic rings. The van der Waals surface area contributed by atoms with Crippen LogP contribution in [0.4, 0.5) is 10.9 Å². The van der Waals surface area contributed by atoms with Crippen LogP contribution in [0.5, 0.6) is 0 Å². The first kappa shape index (κ1) is 12.6. The summed E-state index contributed by atoms with van der Waals surface area (Å²) in [5, 5.41) is 6.69. The number of nitrogens with zero attached hydrogens (tertiary/aromatic N) is 1. The molecule has 1 aromatic heterocycles. The molecule has 4 nitrogen and oxygen atoms in total. The Kier molecular flexibility index (Phi) is 3.28. The van der Waals surface area contributed by atoms with Crippen LogP contribution in [0.25, 0.3) is 0 Å². The minimum atomic E-state index is 0.0189. The van der Waals surface area contributed by atoms with E-state index < -0.39 is 0 Å². The fourth-order valence-corrected chi connectivity index (χ4v) is 3.64. The number of aromatic nitrogens is 1. The topological polar surface area (TPSA) is 54.0 Å². The standard InChI is InChI=1S/C13H12BrN3OS/c1-15-13-17-12-11(19-13)9(6-10(18)16-12)7-3-2-4-8(14)5-7/h2-5,9H,6H2,1H3,(H,15,17)(H,16,18)/t9-/m0/s1. The highest BCUT2D eigenvalue weighted by atomic mass is 79.9. The van der Waals surface area contributed by atoms with Crippen molar-refractivity contribution < 1.29 is 4.79 Å². The van der Waals surface area contributed by atoms with Crippen molar-refractivity contribution in [2.75, 3.05) is 17.7 Å². The van der Waals surface area contributed by atoms with Crippen molar-refractivity contribution in [2.45, 2.75) is 12.3 Å². The van der Waals surface area contributed by atoms with E-state index in [9.17, 15) is 4.79 Å². The molecule has 1 aliphatic heterocycles. The van der Waals surface area contributed by atoms with E-state index >= 15 is 0 Å². The predicted molar refractivity (Wildman–Crippen MR) is 80.9 cm³/mol. The van der Waals surface area contributed by atoms with Crippen molar-refractivity contribution in [3.05, 3.63) is 39.2 Å². The normalized spacial score (nSPS) is 17.8. The number of carbonyl (C=O) groups is 1. The van der Waals surface area contributed by atoms with E-state index in [4.69, 9.17) is 0 Å². The molecule has 2 N–H and O–H groups in total. The van der Waals surface area contributed by atoms with Gasteiger partial charge in [-0.1, -0.05) is 39.4 Å². The van der Waals surface area contributed by atoms with Gasteiger partial charge < -0.3 is 10.6 Å². The second-order valence-electron chi connectivity index (χ2n) is 4.34. The molecule has 19 heavy (non-hydrogen) atoms. The lowest BCUT2D eigenvalue weighted by Crippen LogP contribution is -2.22. The molecular formula is C13H12BrN3OS. The van der Waals surface area contributed by atoms with Crippen LogP contribution < -0.4 is 10.6 Å². The number of hydrogen-bond donors (Lipinski definition) is 2.